The number of benzene rings is 3. The van der Waals surface area contributed by atoms with Gasteiger partial charge in [-0.05, 0) is 105 Å². The first kappa shape index (κ1) is 37.5. The molecule has 0 aliphatic carbocycles. The summed E-state index contributed by atoms with van der Waals surface area (Å²) in [6, 6.07) is 20.7. The third-order valence-electron chi connectivity index (χ3n) is 13.8. The topological polar surface area (TPSA) is 104 Å². The van der Waals surface area contributed by atoms with Crippen molar-refractivity contribution in [1.82, 2.24) is 15.1 Å². The first-order valence-corrected chi connectivity index (χ1v) is 20.7. The number of nitrogens with one attached hydrogen (secondary N) is 1. The van der Waals surface area contributed by atoms with Crippen molar-refractivity contribution in [3.05, 3.63) is 88.2 Å². The van der Waals surface area contributed by atoms with Crippen molar-refractivity contribution in [2.45, 2.75) is 76.0 Å². The molecule has 6 heterocycles. The van der Waals surface area contributed by atoms with E-state index in [0.717, 1.165) is 74.9 Å². The van der Waals surface area contributed by atoms with Crippen molar-refractivity contribution in [3.8, 4) is 0 Å². The highest BCUT2D eigenvalue weighted by molar-refractivity contribution is 6.33. The van der Waals surface area contributed by atoms with Crippen LogP contribution in [-0.4, -0.2) is 110 Å². The normalized spacial score (nSPS) is 24.2. The van der Waals surface area contributed by atoms with Crippen LogP contribution in [0.2, 0.25) is 5.02 Å². The molecule has 9 rings (SSSR count). The van der Waals surface area contributed by atoms with Crippen LogP contribution in [0.25, 0.3) is 4.85 Å². The molecule has 0 aromatic heterocycles. The number of imide groups is 2. The lowest BCUT2D eigenvalue weighted by Crippen LogP contribution is -2.63. The second-order valence-corrected chi connectivity index (χ2v) is 17.5. The van der Waals surface area contributed by atoms with E-state index in [0.29, 0.717) is 45.4 Å². The van der Waals surface area contributed by atoms with Crippen LogP contribution in [0.1, 0.15) is 72.6 Å². The molecule has 0 bridgehead atoms. The Bertz CT molecular complexity index is 2150. The molecule has 3 aromatic carbocycles. The lowest BCUT2D eigenvalue weighted by atomic mass is 9.76. The highest BCUT2D eigenvalue weighted by Gasteiger charge is 2.46. The van der Waals surface area contributed by atoms with Gasteiger partial charge >= 0.3 is 0 Å². The first-order chi connectivity index (χ1) is 27.5. The molecule has 296 valence electrons. The van der Waals surface area contributed by atoms with Gasteiger partial charge < -0.3 is 19.6 Å². The molecule has 13 heteroatoms. The molecule has 2 atom stereocenters. The molecule has 3 aromatic rings. The SMILES string of the molecule is [C-]#[N+]c1ccc(N2CC3(CCN(c4ccc(N5CCC(N6CC(N(C)c7ccc8c(c7)C(=O)N(C7CCC(=O)NC7=O)C8=O)C6)CC5)cc4)CC3)C[C@@H]2C)cc1Cl. The number of halogens is 1. The van der Waals surface area contributed by atoms with Crippen LogP contribution in [-0.2, 0) is 9.59 Å². The Morgan fingerprint density at radius 3 is 2.12 bits per heavy atom. The van der Waals surface area contributed by atoms with E-state index in [1.54, 1.807) is 12.1 Å². The molecule has 57 heavy (non-hydrogen) atoms. The summed E-state index contributed by atoms with van der Waals surface area (Å²) in [6.07, 6.45) is 6.00. The van der Waals surface area contributed by atoms with Gasteiger partial charge in [-0.2, -0.15) is 0 Å². The molecular formula is C44H49ClN8O4. The molecule has 12 nitrogen and oxygen atoms in total. The van der Waals surface area contributed by atoms with Crippen molar-refractivity contribution in [2.75, 3.05) is 72.5 Å². The number of carbonyl (C=O) groups excluding carboxylic acids is 4. The maximum Gasteiger partial charge on any atom is 0.262 e. The third-order valence-corrected chi connectivity index (χ3v) is 14.1. The van der Waals surface area contributed by atoms with E-state index in [9.17, 15) is 19.2 Å². The number of likely N-dealkylation sites (N-methyl/N-ethyl adjacent to an activating group) is 1. The fourth-order valence-corrected chi connectivity index (χ4v) is 10.5. The molecule has 4 amide bonds. The Morgan fingerprint density at radius 1 is 0.825 bits per heavy atom. The van der Waals surface area contributed by atoms with Gasteiger partial charge in [0.2, 0.25) is 17.5 Å². The molecule has 5 fully saturated rings. The van der Waals surface area contributed by atoms with E-state index in [4.69, 9.17) is 18.2 Å². The second-order valence-electron chi connectivity index (χ2n) is 17.0. The van der Waals surface area contributed by atoms with Gasteiger partial charge in [0.25, 0.3) is 11.8 Å². The number of amides is 4. The zero-order valence-electron chi connectivity index (χ0n) is 32.6. The molecule has 1 unspecified atom stereocenters. The average Bonchev–Trinajstić information content (AvgIpc) is 3.65. The number of nitrogens with zero attached hydrogens (tertiary/aromatic N) is 7. The van der Waals surface area contributed by atoms with E-state index < -0.39 is 23.8 Å². The maximum atomic E-state index is 13.4. The highest BCUT2D eigenvalue weighted by atomic mass is 35.5. The maximum absolute atomic E-state index is 13.4. The quantitative estimate of drug-likeness (QED) is 0.229. The van der Waals surface area contributed by atoms with Crippen LogP contribution in [0.5, 0.6) is 0 Å². The molecule has 5 saturated heterocycles. The fourth-order valence-electron chi connectivity index (χ4n) is 10.3. The largest absolute Gasteiger partial charge is 0.371 e. The lowest BCUT2D eigenvalue weighted by molar-refractivity contribution is -0.136. The predicted octanol–water partition coefficient (Wildman–Crippen LogP) is 5.97. The van der Waals surface area contributed by atoms with Crippen molar-refractivity contribution in [3.63, 3.8) is 0 Å². The van der Waals surface area contributed by atoms with Crippen LogP contribution in [0, 0.1) is 12.0 Å². The number of piperidine rings is 3. The number of rotatable bonds is 7. The van der Waals surface area contributed by atoms with Gasteiger partial charge in [-0.3, -0.25) is 34.3 Å². The summed E-state index contributed by atoms with van der Waals surface area (Å²) in [4.78, 5) is 67.4. The van der Waals surface area contributed by atoms with Crippen molar-refractivity contribution < 1.29 is 19.2 Å². The van der Waals surface area contributed by atoms with Crippen molar-refractivity contribution in [1.29, 1.82) is 0 Å². The summed E-state index contributed by atoms with van der Waals surface area (Å²) in [5, 5.41) is 2.79. The van der Waals surface area contributed by atoms with Crippen LogP contribution in [0.15, 0.2) is 60.7 Å². The first-order valence-electron chi connectivity index (χ1n) is 20.4. The Kier molecular flexibility index (Phi) is 9.64. The Morgan fingerprint density at radius 2 is 1.47 bits per heavy atom. The van der Waals surface area contributed by atoms with E-state index in [2.05, 4.69) is 65.9 Å². The van der Waals surface area contributed by atoms with Crippen LogP contribution in [0.4, 0.5) is 28.4 Å². The van der Waals surface area contributed by atoms with Gasteiger partial charge in [0.15, 0.2) is 0 Å². The Labute approximate surface area is 339 Å². The predicted molar refractivity (Wildman–Crippen MR) is 222 cm³/mol. The standard InChI is InChI=1S/C44H49ClN8O4/c1-28-24-44(27-52(28)33-9-11-38(46-2)37(45)23-33)16-20-50(21-17-44)30-6-4-29(5-7-30)49-18-14-31(15-19-49)51-25-34(26-51)48(3)32-8-10-35-36(22-32)43(57)53(42(35)56)39-12-13-40(54)47-41(39)55/h4-11,22-23,28,31,34,39H,12-21,24-27H2,1,3H3,(H,47,54,55)/t28-,39?/m0/s1. The van der Waals surface area contributed by atoms with Crippen molar-refractivity contribution >= 4 is 63.7 Å². The van der Waals surface area contributed by atoms with Gasteiger partial charge in [-0.1, -0.05) is 17.7 Å². The van der Waals surface area contributed by atoms with E-state index in [-0.39, 0.29) is 18.7 Å². The molecule has 0 radical (unpaired) electrons. The summed E-state index contributed by atoms with van der Waals surface area (Å²) in [6.45, 7) is 16.7. The fraction of sp³-hybridized carbons (Fsp3) is 0.477. The monoisotopic (exact) mass is 788 g/mol. The minimum Gasteiger partial charge on any atom is -0.371 e. The van der Waals surface area contributed by atoms with Gasteiger partial charge in [0.1, 0.15) is 6.04 Å². The number of carbonyl (C=O) groups is 4. The minimum atomic E-state index is -0.964. The molecule has 0 saturated carbocycles. The van der Waals surface area contributed by atoms with Gasteiger partial charge in [-0.25, -0.2) is 4.85 Å². The zero-order valence-corrected chi connectivity index (χ0v) is 33.4. The Hall–Kier alpha value is -5.12. The molecule has 6 aliphatic rings. The third kappa shape index (κ3) is 6.78. The van der Waals surface area contributed by atoms with E-state index in [1.165, 1.54) is 30.6 Å². The van der Waals surface area contributed by atoms with Crippen LogP contribution >= 0.6 is 11.6 Å². The van der Waals surface area contributed by atoms with Gasteiger partial charge in [0, 0.05) is 99.1 Å². The average molecular weight is 789 g/mol. The summed E-state index contributed by atoms with van der Waals surface area (Å²) in [7, 11) is 2.04. The minimum absolute atomic E-state index is 0.101. The van der Waals surface area contributed by atoms with E-state index in [1.807, 2.05) is 31.3 Å². The van der Waals surface area contributed by atoms with E-state index >= 15 is 0 Å². The number of fused-ring (bicyclic) bond motifs is 1. The lowest BCUT2D eigenvalue weighted by Gasteiger charge is -2.50. The zero-order chi connectivity index (χ0) is 39.6. The number of anilines is 4. The van der Waals surface area contributed by atoms with Gasteiger partial charge in [-0.15, -0.1) is 0 Å². The molecule has 1 N–H and O–H groups in total. The van der Waals surface area contributed by atoms with Crippen molar-refractivity contribution in [2.24, 2.45) is 5.41 Å². The smallest absolute Gasteiger partial charge is 0.262 e. The Balaban J connectivity index is 0.738. The summed E-state index contributed by atoms with van der Waals surface area (Å²) in [5.74, 6) is -1.94. The summed E-state index contributed by atoms with van der Waals surface area (Å²) >= 11 is 6.40. The molecule has 6 aliphatic heterocycles. The number of hydrogen-bond donors (Lipinski definition) is 1. The van der Waals surface area contributed by atoms with Crippen LogP contribution in [0.3, 0.4) is 0 Å². The summed E-state index contributed by atoms with van der Waals surface area (Å²) in [5.41, 5.74) is 6.02. The summed E-state index contributed by atoms with van der Waals surface area (Å²) < 4.78 is 0. The molecular weight excluding hydrogens is 740 g/mol. The number of hydrogen-bond acceptors (Lipinski definition) is 9. The number of likely N-dealkylation sites (tertiary alicyclic amines) is 1. The van der Waals surface area contributed by atoms with Crippen LogP contribution < -0.4 is 24.9 Å². The molecule has 1 spiro atoms. The second kappa shape index (κ2) is 14.7. The highest BCUT2D eigenvalue weighted by Crippen LogP contribution is 2.46. The van der Waals surface area contributed by atoms with Gasteiger partial charge in [0.05, 0.1) is 23.7 Å².